The number of halogens is 2. The van der Waals surface area contributed by atoms with Crippen molar-refractivity contribution in [2.75, 3.05) is 5.32 Å². The van der Waals surface area contributed by atoms with Crippen molar-refractivity contribution >= 4 is 57.6 Å². The van der Waals surface area contributed by atoms with Crippen LogP contribution in [0.25, 0.3) is 11.5 Å². The highest BCUT2D eigenvalue weighted by Gasteiger charge is 2.20. The lowest BCUT2D eigenvalue weighted by atomic mass is 10.1. The normalized spacial score (nSPS) is 11.7. The Hall–Kier alpha value is -2.40. The molecule has 28 heavy (non-hydrogen) atoms. The van der Waals surface area contributed by atoms with Crippen LogP contribution in [0.3, 0.4) is 0 Å². The smallest absolute Gasteiger partial charge is 0.238 e. The molecule has 3 rings (SSSR count). The van der Waals surface area contributed by atoms with Crippen LogP contribution in [-0.4, -0.2) is 4.99 Å². The van der Waals surface area contributed by atoms with Gasteiger partial charge in [-0.05, 0) is 61.1 Å². The monoisotopic (exact) mass is 428 g/mol. The Kier molecular flexibility index (Phi) is 6.35. The van der Waals surface area contributed by atoms with E-state index in [0.29, 0.717) is 26.3 Å². The molecule has 1 heterocycles. The molecule has 1 N–H and O–H groups in total. The Balaban J connectivity index is 2.12. The van der Waals surface area contributed by atoms with Gasteiger partial charge in [-0.25, -0.2) is 0 Å². The SMILES string of the molecule is Cc1ccc[n+](/C(C(=S)Nc2cccc(Cl)c2C)=C(/[O-])c2cccc(Cl)c2)c1. The van der Waals surface area contributed by atoms with Crippen LogP contribution in [0.2, 0.25) is 10.0 Å². The van der Waals surface area contributed by atoms with Crippen LogP contribution in [0.5, 0.6) is 0 Å². The molecule has 0 aliphatic heterocycles. The first-order valence-corrected chi connectivity index (χ1v) is 9.75. The molecule has 0 saturated carbocycles. The standard InChI is InChI=1S/C22H18Cl2N2OS/c1-14-6-5-11-26(13-14)20(21(27)16-7-3-8-17(23)12-16)22(28)25-19-10-4-9-18(24)15(19)2/h3-13H,1-2H3,(H-,25,27,28). The van der Waals surface area contributed by atoms with Crippen LogP contribution in [0.4, 0.5) is 5.69 Å². The van der Waals surface area contributed by atoms with Crippen molar-refractivity contribution in [3.8, 4) is 0 Å². The summed E-state index contributed by atoms with van der Waals surface area (Å²) in [6.45, 7) is 3.85. The molecule has 0 saturated heterocycles. The van der Waals surface area contributed by atoms with Gasteiger partial charge in [0.15, 0.2) is 17.4 Å². The quantitative estimate of drug-likeness (QED) is 0.274. The van der Waals surface area contributed by atoms with E-state index >= 15 is 0 Å². The molecule has 3 aromatic rings. The molecule has 0 spiro atoms. The van der Waals surface area contributed by atoms with E-state index in [4.69, 9.17) is 35.4 Å². The lowest BCUT2D eigenvalue weighted by Crippen LogP contribution is -2.40. The van der Waals surface area contributed by atoms with E-state index in [1.807, 2.05) is 50.4 Å². The number of hydrogen-bond acceptors (Lipinski definition) is 2. The number of pyridine rings is 1. The van der Waals surface area contributed by atoms with Gasteiger partial charge in [-0.15, -0.1) is 0 Å². The third-order valence-electron chi connectivity index (χ3n) is 4.24. The molecule has 0 bridgehead atoms. The number of aromatic nitrogens is 1. The second-order valence-electron chi connectivity index (χ2n) is 6.34. The molecule has 2 aromatic carbocycles. The molecular weight excluding hydrogens is 411 g/mol. The Labute approximate surface area is 179 Å². The Morgan fingerprint density at radius 3 is 2.50 bits per heavy atom. The fourth-order valence-electron chi connectivity index (χ4n) is 2.76. The minimum atomic E-state index is -0.227. The van der Waals surface area contributed by atoms with Crippen LogP contribution in [0.1, 0.15) is 16.7 Å². The maximum Gasteiger partial charge on any atom is 0.238 e. The first-order chi connectivity index (χ1) is 13.4. The third-order valence-corrected chi connectivity index (χ3v) is 5.18. The molecule has 0 aliphatic carbocycles. The van der Waals surface area contributed by atoms with Crippen LogP contribution >= 0.6 is 35.4 Å². The van der Waals surface area contributed by atoms with Crippen LogP contribution in [0, 0.1) is 13.8 Å². The zero-order valence-electron chi connectivity index (χ0n) is 15.4. The van der Waals surface area contributed by atoms with Crippen molar-refractivity contribution in [2.45, 2.75) is 13.8 Å². The number of benzene rings is 2. The minimum Gasteiger partial charge on any atom is -0.867 e. The average molecular weight is 429 g/mol. The number of nitrogens with zero attached hydrogens (tertiary/aromatic N) is 1. The number of hydrogen-bond donors (Lipinski definition) is 1. The highest BCUT2D eigenvalue weighted by Crippen LogP contribution is 2.25. The van der Waals surface area contributed by atoms with E-state index in [1.165, 1.54) is 0 Å². The van der Waals surface area contributed by atoms with E-state index in [0.717, 1.165) is 16.8 Å². The van der Waals surface area contributed by atoms with E-state index in [-0.39, 0.29) is 5.76 Å². The van der Waals surface area contributed by atoms with Gasteiger partial charge in [0.25, 0.3) is 0 Å². The summed E-state index contributed by atoms with van der Waals surface area (Å²) in [6.07, 6.45) is 3.65. The van der Waals surface area contributed by atoms with Gasteiger partial charge in [0.1, 0.15) is 0 Å². The minimum absolute atomic E-state index is 0.227. The predicted octanol–water partition coefficient (Wildman–Crippen LogP) is 5.02. The molecule has 0 unspecified atom stereocenters. The first kappa shape index (κ1) is 20.3. The fourth-order valence-corrected chi connectivity index (χ4v) is 3.43. The van der Waals surface area contributed by atoms with Gasteiger partial charge >= 0.3 is 0 Å². The molecule has 0 atom stereocenters. The molecule has 1 aromatic heterocycles. The van der Waals surface area contributed by atoms with E-state index in [2.05, 4.69) is 5.32 Å². The average Bonchev–Trinajstić information content (AvgIpc) is 2.66. The Morgan fingerprint density at radius 1 is 1.04 bits per heavy atom. The number of aryl methyl sites for hydroxylation is 1. The summed E-state index contributed by atoms with van der Waals surface area (Å²) in [5, 5.41) is 17.6. The van der Waals surface area contributed by atoms with Crippen molar-refractivity contribution in [3.63, 3.8) is 0 Å². The maximum absolute atomic E-state index is 13.3. The summed E-state index contributed by atoms with van der Waals surface area (Å²) >= 11 is 17.9. The molecule has 0 aliphatic rings. The summed E-state index contributed by atoms with van der Waals surface area (Å²) in [7, 11) is 0. The van der Waals surface area contributed by atoms with Crippen LogP contribution in [-0.2, 0) is 0 Å². The summed E-state index contributed by atoms with van der Waals surface area (Å²) in [5.74, 6) is -0.227. The fraction of sp³-hybridized carbons (Fsp3) is 0.0909. The van der Waals surface area contributed by atoms with Gasteiger partial charge in [-0.2, -0.15) is 4.57 Å². The van der Waals surface area contributed by atoms with Crippen molar-refractivity contribution in [1.29, 1.82) is 0 Å². The van der Waals surface area contributed by atoms with E-state index < -0.39 is 0 Å². The van der Waals surface area contributed by atoms with E-state index in [1.54, 1.807) is 35.0 Å². The van der Waals surface area contributed by atoms with Crippen LogP contribution in [0.15, 0.2) is 67.0 Å². The highest BCUT2D eigenvalue weighted by atomic mass is 35.5. The molecule has 3 nitrogen and oxygen atoms in total. The second-order valence-corrected chi connectivity index (χ2v) is 7.60. The Morgan fingerprint density at radius 2 is 1.79 bits per heavy atom. The molecule has 0 radical (unpaired) electrons. The van der Waals surface area contributed by atoms with Crippen molar-refractivity contribution in [2.24, 2.45) is 0 Å². The van der Waals surface area contributed by atoms with Gasteiger partial charge in [0.2, 0.25) is 5.70 Å². The largest absolute Gasteiger partial charge is 0.867 e. The summed E-state index contributed by atoms with van der Waals surface area (Å²) in [4.78, 5) is 0.297. The van der Waals surface area contributed by atoms with E-state index in [9.17, 15) is 5.11 Å². The molecule has 0 amide bonds. The number of thiocarbonyl (C=S) groups is 1. The van der Waals surface area contributed by atoms with Crippen LogP contribution < -0.4 is 15.0 Å². The maximum atomic E-state index is 13.3. The summed E-state index contributed by atoms with van der Waals surface area (Å²) < 4.78 is 1.73. The van der Waals surface area contributed by atoms with Gasteiger partial charge in [0.05, 0.1) is 0 Å². The van der Waals surface area contributed by atoms with Gasteiger partial charge < -0.3 is 10.4 Å². The van der Waals surface area contributed by atoms with Crippen molar-refractivity contribution in [3.05, 3.63) is 93.7 Å². The summed E-state index contributed by atoms with van der Waals surface area (Å²) in [6, 6.07) is 16.2. The second kappa shape index (κ2) is 8.74. The van der Waals surface area contributed by atoms with Gasteiger partial charge in [0, 0.05) is 27.4 Å². The molecule has 142 valence electrons. The first-order valence-electron chi connectivity index (χ1n) is 8.59. The Bertz CT molecular complexity index is 1080. The van der Waals surface area contributed by atoms with Gasteiger partial charge in [-0.1, -0.05) is 53.6 Å². The number of rotatable bonds is 4. The predicted molar refractivity (Wildman–Crippen MR) is 118 cm³/mol. The lowest BCUT2D eigenvalue weighted by molar-refractivity contribution is -0.578. The topological polar surface area (TPSA) is 39.0 Å². The third kappa shape index (κ3) is 4.53. The summed E-state index contributed by atoms with van der Waals surface area (Å²) in [5.41, 5.74) is 3.40. The van der Waals surface area contributed by atoms with Gasteiger partial charge in [-0.3, -0.25) is 0 Å². The number of nitrogens with one attached hydrogen (secondary N) is 1. The zero-order chi connectivity index (χ0) is 20.3. The lowest BCUT2D eigenvalue weighted by Gasteiger charge is -2.18. The molecular formula is C22H18Cl2N2OS. The zero-order valence-corrected chi connectivity index (χ0v) is 17.7. The van der Waals surface area contributed by atoms with Crippen molar-refractivity contribution in [1.82, 2.24) is 0 Å². The number of anilines is 1. The molecule has 0 fully saturated rings. The van der Waals surface area contributed by atoms with Crippen molar-refractivity contribution < 1.29 is 9.67 Å². The highest BCUT2D eigenvalue weighted by molar-refractivity contribution is 7.81. The molecule has 6 heteroatoms.